The number of nitrogens with zero attached hydrogens (tertiary/aromatic N) is 2. The molecule has 0 fully saturated rings. The van der Waals surface area contributed by atoms with Crippen LogP contribution in [0.5, 0.6) is 0 Å². The fraction of sp³-hybridized carbons (Fsp3) is 0.267. The molecule has 1 amide bonds. The van der Waals surface area contributed by atoms with E-state index >= 15 is 0 Å². The molecular formula is C15H13F3N2O4. The number of carboxylic acids is 1. The second-order valence-electron chi connectivity index (χ2n) is 5.08. The highest BCUT2D eigenvalue weighted by molar-refractivity contribution is 5.93. The molecule has 0 spiro atoms. The Morgan fingerprint density at radius 3 is 2.46 bits per heavy atom. The molecule has 0 saturated carbocycles. The predicted octanol–water partition coefficient (Wildman–Crippen LogP) is 2.97. The third-order valence-corrected chi connectivity index (χ3v) is 3.24. The molecule has 2 aromatic heterocycles. The van der Waals surface area contributed by atoms with Crippen LogP contribution in [0, 0.1) is 6.92 Å². The minimum atomic E-state index is -4.58. The number of aromatic carboxylic acids is 1. The smallest absolute Gasteiger partial charge is 0.433 e. The van der Waals surface area contributed by atoms with Crippen molar-refractivity contribution in [2.24, 2.45) is 0 Å². The number of aryl methyl sites for hydroxylation is 1. The van der Waals surface area contributed by atoms with Gasteiger partial charge in [-0.3, -0.25) is 9.78 Å². The van der Waals surface area contributed by atoms with E-state index in [4.69, 9.17) is 9.52 Å². The van der Waals surface area contributed by atoms with Crippen LogP contribution in [0.3, 0.4) is 0 Å². The minimum Gasteiger partial charge on any atom is -0.478 e. The van der Waals surface area contributed by atoms with Crippen LogP contribution >= 0.6 is 0 Å². The molecule has 6 nitrogen and oxygen atoms in total. The fourth-order valence-electron chi connectivity index (χ4n) is 2.05. The van der Waals surface area contributed by atoms with E-state index in [2.05, 4.69) is 4.98 Å². The topological polar surface area (TPSA) is 83.6 Å². The van der Waals surface area contributed by atoms with Gasteiger partial charge < -0.3 is 14.4 Å². The first-order valence-electron chi connectivity index (χ1n) is 6.71. The summed E-state index contributed by atoms with van der Waals surface area (Å²) in [5.41, 5.74) is -1.12. The maximum absolute atomic E-state index is 12.5. The SMILES string of the molecule is Cc1oc(CN(C)C(=O)c2ccc(C(F)(F)F)nc2)cc1C(=O)O. The van der Waals surface area contributed by atoms with Crippen LogP contribution in [-0.2, 0) is 12.7 Å². The molecule has 0 atom stereocenters. The number of pyridine rings is 1. The third-order valence-electron chi connectivity index (χ3n) is 3.24. The number of carboxylic acid groups (broad SMARTS) is 1. The molecule has 2 rings (SSSR count). The molecule has 0 saturated heterocycles. The highest BCUT2D eigenvalue weighted by Crippen LogP contribution is 2.27. The average Bonchev–Trinajstić information content (AvgIpc) is 2.86. The summed E-state index contributed by atoms with van der Waals surface area (Å²) in [6.07, 6.45) is -3.73. The Hall–Kier alpha value is -2.84. The highest BCUT2D eigenvalue weighted by atomic mass is 19.4. The highest BCUT2D eigenvalue weighted by Gasteiger charge is 2.32. The molecule has 0 unspecified atom stereocenters. The maximum Gasteiger partial charge on any atom is 0.433 e. The monoisotopic (exact) mass is 342 g/mol. The molecule has 2 heterocycles. The van der Waals surface area contributed by atoms with Crippen LogP contribution in [0.1, 0.15) is 37.9 Å². The molecule has 128 valence electrons. The van der Waals surface area contributed by atoms with Crippen LogP contribution in [0.4, 0.5) is 13.2 Å². The van der Waals surface area contributed by atoms with Crippen LogP contribution < -0.4 is 0 Å². The molecule has 0 aliphatic carbocycles. The Kier molecular flexibility index (Phi) is 4.63. The molecule has 24 heavy (non-hydrogen) atoms. The van der Waals surface area contributed by atoms with E-state index in [0.29, 0.717) is 0 Å². The molecular weight excluding hydrogens is 329 g/mol. The quantitative estimate of drug-likeness (QED) is 0.923. The van der Waals surface area contributed by atoms with Crippen molar-refractivity contribution in [1.82, 2.24) is 9.88 Å². The molecule has 2 aromatic rings. The zero-order valence-electron chi connectivity index (χ0n) is 12.7. The van der Waals surface area contributed by atoms with E-state index in [9.17, 15) is 22.8 Å². The Labute approximate surface area is 134 Å². The van der Waals surface area contributed by atoms with Gasteiger partial charge >= 0.3 is 12.1 Å². The van der Waals surface area contributed by atoms with E-state index in [1.165, 1.54) is 24.9 Å². The Morgan fingerprint density at radius 1 is 1.33 bits per heavy atom. The minimum absolute atomic E-state index is 0.0120. The molecule has 9 heteroatoms. The van der Waals surface area contributed by atoms with E-state index in [-0.39, 0.29) is 29.2 Å². The normalized spacial score (nSPS) is 11.4. The predicted molar refractivity (Wildman–Crippen MR) is 75.4 cm³/mol. The number of aromatic nitrogens is 1. The van der Waals surface area contributed by atoms with Crippen molar-refractivity contribution in [2.45, 2.75) is 19.6 Å². The van der Waals surface area contributed by atoms with Crippen molar-refractivity contribution in [1.29, 1.82) is 0 Å². The molecule has 0 bridgehead atoms. The zero-order chi connectivity index (χ0) is 18.1. The van der Waals surface area contributed by atoms with Gasteiger partial charge in [0.15, 0.2) is 0 Å². The number of hydrogen-bond donors (Lipinski definition) is 1. The molecule has 0 aliphatic rings. The first-order chi connectivity index (χ1) is 11.1. The second kappa shape index (κ2) is 6.34. The maximum atomic E-state index is 12.5. The lowest BCUT2D eigenvalue weighted by molar-refractivity contribution is -0.141. The largest absolute Gasteiger partial charge is 0.478 e. The summed E-state index contributed by atoms with van der Waals surface area (Å²) in [6, 6.07) is 3.05. The van der Waals surface area contributed by atoms with Gasteiger partial charge in [-0.2, -0.15) is 13.2 Å². The lowest BCUT2D eigenvalue weighted by Gasteiger charge is -2.16. The Morgan fingerprint density at radius 2 is 2.00 bits per heavy atom. The van der Waals surface area contributed by atoms with Crippen LogP contribution in [-0.4, -0.2) is 33.9 Å². The lowest BCUT2D eigenvalue weighted by Crippen LogP contribution is -2.26. The summed E-state index contributed by atoms with van der Waals surface area (Å²) < 4.78 is 42.6. The van der Waals surface area contributed by atoms with Gasteiger partial charge in [0.2, 0.25) is 0 Å². The zero-order valence-corrected chi connectivity index (χ0v) is 12.7. The lowest BCUT2D eigenvalue weighted by atomic mass is 10.2. The summed E-state index contributed by atoms with van der Waals surface area (Å²) in [6.45, 7) is 1.45. The number of carbonyl (C=O) groups is 2. The standard InChI is InChI=1S/C15H13F3N2O4/c1-8-11(14(22)23)5-10(24-8)7-20(2)13(21)9-3-4-12(19-6-9)15(16,17)18/h3-6H,7H2,1-2H3,(H,22,23). The molecule has 0 radical (unpaired) electrons. The number of hydrogen-bond acceptors (Lipinski definition) is 4. The number of furan rings is 1. The van der Waals surface area contributed by atoms with Crippen molar-refractivity contribution in [3.05, 3.63) is 52.7 Å². The Balaban J connectivity index is 2.12. The van der Waals surface area contributed by atoms with E-state index < -0.39 is 23.7 Å². The van der Waals surface area contributed by atoms with Crippen molar-refractivity contribution in [2.75, 3.05) is 7.05 Å². The summed E-state index contributed by atoms with van der Waals surface area (Å²) >= 11 is 0. The van der Waals surface area contributed by atoms with Gasteiger partial charge in [-0.25, -0.2) is 4.79 Å². The second-order valence-corrected chi connectivity index (χ2v) is 5.08. The molecule has 0 aliphatic heterocycles. The fourth-order valence-corrected chi connectivity index (χ4v) is 2.05. The summed E-state index contributed by atoms with van der Waals surface area (Å²) in [4.78, 5) is 27.5. The summed E-state index contributed by atoms with van der Waals surface area (Å²) in [5, 5.41) is 8.95. The molecule has 1 N–H and O–H groups in total. The van der Waals surface area contributed by atoms with Gasteiger partial charge in [0.05, 0.1) is 12.1 Å². The van der Waals surface area contributed by atoms with E-state index in [0.717, 1.165) is 18.3 Å². The van der Waals surface area contributed by atoms with Gasteiger partial charge in [0, 0.05) is 13.2 Å². The number of amides is 1. The van der Waals surface area contributed by atoms with Crippen LogP contribution in [0.15, 0.2) is 28.8 Å². The first-order valence-corrected chi connectivity index (χ1v) is 6.71. The molecule has 0 aromatic carbocycles. The van der Waals surface area contributed by atoms with E-state index in [1.807, 2.05) is 0 Å². The third kappa shape index (κ3) is 3.73. The number of carbonyl (C=O) groups excluding carboxylic acids is 1. The van der Waals surface area contributed by atoms with Gasteiger partial charge in [-0.05, 0) is 25.1 Å². The van der Waals surface area contributed by atoms with Gasteiger partial charge in [-0.15, -0.1) is 0 Å². The van der Waals surface area contributed by atoms with Gasteiger partial charge in [0.1, 0.15) is 22.8 Å². The van der Waals surface area contributed by atoms with Crippen molar-refractivity contribution >= 4 is 11.9 Å². The Bertz CT molecular complexity index is 766. The number of halogens is 3. The van der Waals surface area contributed by atoms with Crippen molar-refractivity contribution in [3.8, 4) is 0 Å². The average molecular weight is 342 g/mol. The first kappa shape index (κ1) is 17.5. The summed E-state index contributed by atoms with van der Waals surface area (Å²) in [7, 11) is 1.41. The number of alkyl halides is 3. The number of rotatable bonds is 4. The van der Waals surface area contributed by atoms with Crippen LogP contribution in [0.25, 0.3) is 0 Å². The summed E-state index contributed by atoms with van der Waals surface area (Å²) in [5.74, 6) is -1.26. The van der Waals surface area contributed by atoms with Crippen LogP contribution in [0.2, 0.25) is 0 Å². The van der Waals surface area contributed by atoms with Crippen molar-refractivity contribution < 1.29 is 32.3 Å². The van der Waals surface area contributed by atoms with Crippen molar-refractivity contribution in [3.63, 3.8) is 0 Å². The van der Waals surface area contributed by atoms with E-state index in [1.54, 1.807) is 0 Å². The van der Waals surface area contributed by atoms with Gasteiger partial charge in [0.25, 0.3) is 5.91 Å². The van der Waals surface area contributed by atoms with Gasteiger partial charge in [-0.1, -0.05) is 0 Å².